The molecule has 3 rings (SSSR count). The van der Waals surface area contributed by atoms with Crippen molar-refractivity contribution >= 4 is 17.7 Å². The van der Waals surface area contributed by atoms with Crippen molar-refractivity contribution < 1.29 is 9.53 Å². The smallest absolute Gasteiger partial charge is 0.233 e. The van der Waals surface area contributed by atoms with Gasteiger partial charge >= 0.3 is 0 Å². The first-order chi connectivity index (χ1) is 13.2. The van der Waals surface area contributed by atoms with Crippen LogP contribution in [0.1, 0.15) is 31.0 Å². The van der Waals surface area contributed by atoms with Crippen LogP contribution in [0.5, 0.6) is 5.75 Å². The van der Waals surface area contributed by atoms with E-state index in [0.717, 1.165) is 25.3 Å². The molecule has 27 heavy (non-hydrogen) atoms. The Kier molecular flexibility index (Phi) is 6.80. The van der Waals surface area contributed by atoms with E-state index in [1.807, 2.05) is 24.3 Å². The number of nitrogens with one attached hydrogen (secondary N) is 1. The molecule has 0 fully saturated rings. The van der Waals surface area contributed by atoms with E-state index in [9.17, 15) is 4.79 Å². The minimum atomic E-state index is -0.0370. The number of ether oxygens (including phenoxy) is 1. The van der Waals surface area contributed by atoms with E-state index in [1.165, 1.54) is 16.0 Å². The highest BCUT2D eigenvalue weighted by atomic mass is 32.2. The maximum atomic E-state index is 12.8. The monoisotopic (exact) mass is 384 g/mol. The lowest BCUT2D eigenvalue weighted by Crippen LogP contribution is -2.41. The number of methoxy groups -OCH3 is 1. The second kappa shape index (κ2) is 9.29. The quantitative estimate of drug-likeness (QED) is 0.749. The molecule has 2 aromatic rings. The number of hydrogen-bond acceptors (Lipinski definition) is 4. The maximum absolute atomic E-state index is 12.8. The van der Waals surface area contributed by atoms with E-state index in [1.54, 1.807) is 18.9 Å². The molecule has 2 atom stereocenters. The molecule has 1 aliphatic rings. The summed E-state index contributed by atoms with van der Waals surface area (Å²) in [6.45, 7) is 6.76. The fourth-order valence-electron chi connectivity index (χ4n) is 3.61. The Balaban J connectivity index is 1.68. The predicted octanol–water partition coefficient (Wildman–Crippen LogP) is 3.91. The summed E-state index contributed by atoms with van der Waals surface area (Å²) < 4.78 is 5.39. The number of carbonyl (C=O) groups excluding carboxylic acids is 1. The molecular weight excluding hydrogens is 356 g/mol. The summed E-state index contributed by atoms with van der Waals surface area (Å²) in [7, 11) is 1.68. The summed E-state index contributed by atoms with van der Waals surface area (Å²) in [6, 6.07) is 16.6. The van der Waals surface area contributed by atoms with Gasteiger partial charge in [0, 0.05) is 11.4 Å². The van der Waals surface area contributed by atoms with Crippen molar-refractivity contribution in [3.63, 3.8) is 0 Å². The highest BCUT2D eigenvalue weighted by molar-refractivity contribution is 8.01. The lowest BCUT2D eigenvalue weighted by Gasteiger charge is -2.30. The second-order valence-electron chi connectivity index (χ2n) is 6.68. The molecule has 2 aromatic carbocycles. The SMILES string of the molecule is CCN(CC)[C@H](CNC(=O)[C@@H]1Cc2ccccc2S1)c1cccc(OC)c1. The second-order valence-corrected chi connectivity index (χ2v) is 7.92. The lowest BCUT2D eigenvalue weighted by molar-refractivity contribution is -0.120. The Morgan fingerprint density at radius 3 is 2.70 bits per heavy atom. The molecule has 5 heteroatoms. The molecule has 0 aromatic heterocycles. The Morgan fingerprint density at radius 1 is 1.22 bits per heavy atom. The first kappa shape index (κ1) is 19.8. The molecule has 1 N–H and O–H groups in total. The minimum Gasteiger partial charge on any atom is -0.497 e. The van der Waals surface area contributed by atoms with Gasteiger partial charge in [-0.1, -0.05) is 44.2 Å². The van der Waals surface area contributed by atoms with Crippen LogP contribution in [0.3, 0.4) is 0 Å². The van der Waals surface area contributed by atoms with Gasteiger partial charge in [-0.05, 0) is 48.8 Å². The third-order valence-corrected chi connectivity index (χ3v) is 6.46. The number of amides is 1. The van der Waals surface area contributed by atoms with Crippen molar-refractivity contribution in [3.05, 3.63) is 59.7 Å². The van der Waals surface area contributed by atoms with E-state index >= 15 is 0 Å². The van der Waals surface area contributed by atoms with Gasteiger partial charge in [-0.15, -0.1) is 11.8 Å². The molecule has 0 aliphatic carbocycles. The van der Waals surface area contributed by atoms with Crippen LogP contribution >= 0.6 is 11.8 Å². The molecule has 1 heterocycles. The zero-order chi connectivity index (χ0) is 19.2. The Bertz CT molecular complexity index is 751. The van der Waals surface area contributed by atoms with Crippen molar-refractivity contribution in [3.8, 4) is 5.75 Å². The number of fused-ring (bicyclic) bond motifs is 1. The number of nitrogens with zero attached hydrogens (tertiary/aromatic N) is 1. The Morgan fingerprint density at radius 2 is 2.00 bits per heavy atom. The first-order valence-corrected chi connectivity index (χ1v) is 10.4. The van der Waals surface area contributed by atoms with Crippen LogP contribution in [0.4, 0.5) is 0 Å². The molecule has 0 saturated heterocycles. The minimum absolute atomic E-state index is 0.0370. The zero-order valence-corrected chi connectivity index (χ0v) is 17.1. The van der Waals surface area contributed by atoms with Crippen LogP contribution in [-0.4, -0.2) is 42.8 Å². The molecule has 0 saturated carbocycles. The summed E-state index contributed by atoms with van der Waals surface area (Å²) in [4.78, 5) is 16.4. The summed E-state index contributed by atoms with van der Waals surface area (Å²) in [5.74, 6) is 0.967. The van der Waals surface area contributed by atoms with Crippen LogP contribution in [0.2, 0.25) is 0 Å². The van der Waals surface area contributed by atoms with Crippen LogP contribution < -0.4 is 10.1 Å². The van der Waals surface area contributed by atoms with Gasteiger partial charge in [0.15, 0.2) is 0 Å². The fourth-order valence-corrected chi connectivity index (χ4v) is 4.83. The van der Waals surface area contributed by atoms with Crippen molar-refractivity contribution in [1.82, 2.24) is 10.2 Å². The standard InChI is InChI=1S/C22H28N2O2S/c1-4-24(5-2)19(16-10-8-11-18(13-16)26-3)15-23-22(25)21-14-17-9-6-7-12-20(17)27-21/h6-13,19,21H,4-5,14-15H2,1-3H3,(H,23,25)/t19-,21+/m1/s1. The number of likely N-dealkylation sites (N-methyl/N-ethyl adjacent to an activating group) is 1. The average molecular weight is 385 g/mol. The molecular formula is C22H28N2O2S. The topological polar surface area (TPSA) is 41.6 Å². The number of hydrogen-bond donors (Lipinski definition) is 1. The molecule has 0 spiro atoms. The fraction of sp³-hybridized carbons (Fsp3) is 0.409. The summed E-state index contributed by atoms with van der Waals surface area (Å²) in [5.41, 5.74) is 2.44. The number of carbonyl (C=O) groups is 1. The molecule has 0 bridgehead atoms. The van der Waals surface area contributed by atoms with E-state index in [0.29, 0.717) is 6.54 Å². The van der Waals surface area contributed by atoms with Gasteiger partial charge in [0.1, 0.15) is 5.75 Å². The summed E-state index contributed by atoms with van der Waals surface area (Å²) in [5, 5.41) is 3.17. The third kappa shape index (κ3) is 4.66. The van der Waals surface area contributed by atoms with E-state index < -0.39 is 0 Å². The van der Waals surface area contributed by atoms with E-state index in [2.05, 4.69) is 48.3 Å². The number of thioether (sulfide) groups is 1. The molecule has 1 aliphatic heterocycles. The van der Waals surface area contributed by atoms with Crippen molar-refractivity contribution in [2.75, 3.05) is 26.7 Å². The van der Waals surface area contributed by atoms with Crippen LogP contribution in [0.25, 0.3) is 0 Å². The van der Waals surface area contributed by atoms with Gasteiger partial charge in [0.2, 0.25) is 5.91 Å². The van der Waals surface area contributed by atoms with Crippen LogP contribution in [0, 0.1) is 0 Å². The van der Waals surface area contributed by atoms with Gasteiger partial charge < -0.3 is 10.1 Å². The largest absolute Gasteiger partial charge is 0.497 e. The maximum Gasteiger partial charge on any atom is 0.233 e. The average Bonchev–Trinajstić information content (AvgIpc) is 3.15. The van der Waals surface area contributed by atoms with Crippen LogP contribution in [-0.2, 0) is 11.2 Å². The first-order valence-electron chi connectivity index (χ1n) is 9.56. The summed E-state index contributed by atoms with van der Waals surface area (Å²) >= 11 is 1.67. The van der Waals surface area contributed by atoms with Gasteiger partial charge in [-0.25, -0.2) is 0 Å². The lowest BCUT2D eigenvalue weighted by atomic mass is 10.0. The van der Waals surface area contributed by atoms with E-state index in [4.69, 9.17) is 4.74 Å². The third-order valence-electron chi connectivity index (χ3n) is 5.14. The molecule has 144 valence electrons. The van der Waals surface area contributed by atoms with Crippen molar-refractivity contribution in [1.29, 1.82) is 0 Å². The molecule has 0 radical (unpaired) electrons. The van der Waals surface area contributed by atoms with Gasteiger partial charge in [0.25, 0.3) is 0 Å². The van der Waals surface area contributed by atoms with Crippen molar-refractivity contribution in [2.45, 2.75) is 36.5 Å². The highest BCUT2D eigenvalue weighted by Crippen LogP contribution is 2.36. The summed E-state index contributed by atoms with van der Waals surface area (Å²) in [6.07, 6.45) is 0.807. The van der Waals surface area contributed by atoms with Crippen molar-refractivity contribution in [2.24, 2.45) is 0 Å². The normalized spacial score (nSPS) is 16.8. The Hall–Kier alpha value is -1.98. The van der Waals surface area contributed by atoms with Gasteiger partial charge in [-0.3, -0.25) is 9.69 Å². The zero-order valence-electron chi connectivity index (χ0n) is 16.3. The van der Waals surface area contributed by atoms with Gasteiger partial charge in [0.05, 0.1) is 18.4 Å². The molecule has 1 amide bonds. The number of benzene rings is 2. The van der Waals surface area contributed by atoms with Gasteiger partial charge in [-0.2, -0.15) is 0 Å². The van der Waals surface area contributed by atoms with Crippen LogP contribution in [0.15, 0.2) is 53.4 Å². The van der Waals surface area contributed by atoms with E-state index in [-0.39, 0.29) is 17.2 Å². The Labute approximate surface area is 166 Å². The molecule has 0 unspecified atom stereocenters. The predicted molar refractivity (Wildman–Crippen MR) is 111 cm³/mol. The molecule has 4 nitrogen and oxygen atoms in total. The highest BCUT2D eigenvalue weighted by Gasteiger charge is 2.29. The number of rotatable bonds is 8.